The van der Waals surface area contributed by atoms with Crippen LogP contribution in [0.25, 0.3) is 16.6 Å². The van der Waals surface area contributed by atoms with E-state index in [9.17, 15) is 18.8 Å². The number of benzene rings is 2. The minimum absolute atomic E-state index is 0.134. The lowest BCUT2D eigenvalue weighted by atomic mass is 10.1. The normalized spacial score (nSPS) is 14.8. The lowest BCUT2D eigenvalue weighted by Crippen LogP contribution is -2.48. The zero-order chi connectivity index (χ0) is 28.0. The molecular weight excluding hydrogens is 535 g/mol. The maximum Gasteiger partial charge on any atom is 0.350 e. The number of rotatable bonds is 6. The van der Waals surface area contributed by atoms with Crippen molar-refractivity contribution in [3.05, 3.63) is 93.6 Å². The number of hydrogen-bond acceptors (Lipinski definition) is 7. The Morgan fingerprint density at radius 3 is 2.80 bits per heavy atom. The van der Waals surface area contributed by atoms with Crippen LogP contribution < -0.4 is 10.2 Å². The van der Waals surface area contributed by atoms with Crippen molar-refractivity contribution >= 4 is 45.7 Å². The Hall–Kier alpha value is -4.84. The molecule has 202 valence electrons. The summed E-state index contributed by atoms with van der Waals surface area (Å²) in [5.74, 6) is -1.56. The van der Waals surface area contributed by atoms with Crippen LogP contribution in [-0.2, 0) is 22.4 Å². The zero-order valence-electron chi connectivity index (χ0n) is 21.5. The molecule has 2 aromatic carbocycles. The number of carbonyl (C=O) groups is 3. The fraction of sp³-hybridized carbons (Fsp3) is 0.179. The number of anilines is 1. The number of amides is 2. The van der Waals surface area contributed by atoms with E-state index in [1.807, 2.05) is 40.4 Å². The largest absolute Gasteiger partial charge is 0.465 e. The average Bonchev–Trinajstić information content (AvgIpc) is 3.70. The lowest BCUT2D eigenvalue weighted by molar-refractivity contribution is -0.120. The Bertz CT molecular complexity index is 1790. The fourth-order valence-corrected chi connectivity index (χ4v) is 5.81. The second kappa shape index (κ2) is 10.0. The second-order valence-electron chi connectivity index (χ2n) is 9.32. The van der Waals surface area contributed by atoms with Crippen molar-refractivity contribution in [2.75, 3.05) is 19.1 Å². The molecule has 3 aromatic heterocycles. The molecule has 10 nitrogen and oxygen atoms in total. The van der Waals surface area contributed by atoms with Gasteiger partial charge in [-0.2, -0.15) is 0 Å². The first-order valence-electron chi connectivity index (χ1n) is 12.4. The number of halogens is 1. The number of ether oxygens (including phenoxy) is 1. The number of H-pyrrole nitrogens is 1. The SMILES string of the molecule is COC(=O)c1sccc1-n1cc2c3c(cccc31)N(C)C(=O)[C@@H](NC(=O)c1n[nH]c(Cc3ccccc3F)n1)C2. The van der Waals surface area contributed by atoms with E-state index in [0.717, 1.165) is 16.5 Å². The zero-order valence-corrected chi connectivity index (χ0v) is 22.3. The fourth-order valence-electron chi connectivity index (χ4n) is 5.01. The van der Waals surface area contributed by atoms with Gasteiger partial charge in [0.25, 0.3) is 5.91 Å². The number of methoxy groups -OCH3 is 1. The minimum Gasteiger partial charge on any atom is -0.465 e. The van der Waals surface area contributed by atoms with Crippen LogP contribution in [0.2, 0.25) is 0 Å². The number of nitrogens with zero attached hydrogens (tertiary/aromatic N) is 4. The van der Waals surface area contributed by atoms with Gasteiger partial charge < -0.3 is 19.5 Å². The molecule has 0 saturated heterocycles. The summed E-state index contributed by atoms with van der Waals surface area (Å²) in [5.41, 5.74) is 3.41. The maximum absolute atomic E-state index is 14.0. The molecular formula is C28H23FN6O4S. The first-order chi connectivity index (χ1) is 19.4. The van der Waals surface area contributed by atoms with Gasteiger partial charge >= 0.3 is 5.97 Å². The molecule has 4 heterocycles. The minimum atomic E-state index is -0.903. The molecule has 0 radical (unpaired) electrons. The molecule has 40 heavy (non-hydrogen) atoms. The Morgan fingerprint density at radius 2 is 2.00 bits per heavy atom. The van der Waals surface area contributed by atoms with Crippen LogP contribution in [0.4, 0.5) is 10.1 Å². The van der Waals surface area contributed by atoms with E-state index in [2.05, 4.69) is 20.5 Å². The molecule has 0 saturated carbocycles. The monoisotopic (exact) mass is 558 g/mol. The van der Waals surface area contributed by atoms with Crippen molar-refractivity contribution in [1.82, 2.24) is 25.1 Å². The molecule has 2 N–H and O–H groups in total. The summed E-state index contributed by atoms with van der Waals surface area (Å²) in [6.45, 7) is 0. The van der Waals surface area contributed by atoms with Crippen molar-refractivity contribution in [3.63, 3.8) is 0 Å². The summed E-state index contributed by atoms with van der Waals surface area (Å²) in [7, 11) is 3.00. The van der Waals surface area contributed by atoms with E-state index in [-0.39, 0.29) is 30.4 Å². The van der Waals surface area contributed by atoms with Crippen LogP contribution in [0.1, 0.15) is 37.2 Å². The van der Waals surface area contributed by atoms with Crippen molar-refractivity contribution in [3.8, 4) is 5.69 Å². The topological polar surface area (TPSA) is 122 Å². The number of aromatic nitrogens is 4. The van der Waals surface area contributed by atoms with E-state index >= 15 is 0 Å². The summed E-state index contributed by atoms with van der Waals surface area (Å²) in [4.78, 5) is 45.1. The number of likely N-dealkylation sites (N-methyl/N-ethyl adjacent to an activating group) is 1. The summed E-state index contributed by atoms with van der Waals surface area (Å²) in [5, 5.41) is 12.1. The van der Waals surface area contributed by atoms with Crippen LogP contribution >= 0.6 is 11.3 Å². The van der Waals surface area contributed by atoms with E-state index in [4.69, 9.17) is 4.74 Å². The first-order valence-corrected chi connectivity index (χ1v) is 13.3. The van der Waals surface area contributed by atoms with Gasteiger partial charge in [0, 0.05) is 31.5 Å². The van der Waals surface area contributed by atoms with Crippen molar-refractivity contribution in [1.29, 1.82) is 0 Å². The molecule has 5 aromatic rings. The Balaban J connectivity index is 1.30. The third-order valence-electron chi connectivity index (χ3n) is 6.93. The molecule has 1 atom stereocenters. The van der Waals surface area contributed by atoms with E-state index in [1.54, 1.807) is 25.2 Å². The molecule has 0 aliphatic carbocycles. The smallest absolute Gasteiger partial charge is 0.350 e. The molecule has 6 rings (SSSR count). The number of nitrogens with one attached hydrogen (secondary N) is 2. The number of esters is 1. The van der Waals surface area contributed by atoms with Gasteiger partial charge in [-0.05, 0) is 40.8 Å². The van der Waals surface area contributed by atoms with Crippen LogP contribution in [0.15, 0.2) is 60.1 Å². The summed E-state index contributed by atoms with van der Waals surface area (Å²) in [6.07, 6.45) is 2.22. The summed E-state index contributed by atoms with van der Waals surface area (Å²) >= 11 is 1.28. The highest BCUT2D eigenvalue weighted by atomic mass is 32.1. The number of aromatic amines is 1. The van der Waals surface area contributed by atoms with Crippen molar-refractivity contribution in [2.24, 2.45) is 0 Å². The first kappa shape index (κ1) is 25.4. The van der Waals surface area contributed by atoms with Gasteiger partial charge in [0.15, 0.2) is 0 Å². The quantitative estimate of drug-likeness (QED) is 0.307. The third kappa shape index (κ3) is 4.31. The Kier molecular flexibility index (Phi) is 6.39. The van der Waals surface area contributed by atoms with Crippen LogP contribution in [0.3, 0.4) is 0 Å². The van der Waals surface area contributed by atoms with Crippen LogP contribution in [0, 0.1) is 5.82 Å². The molecule has 2 amide bonds. The van der Waals surface area contributed by atoms with Gasteiger partial charge in [-0.3, -0.25) is 14.7 Å². The number of hydrogen-bond donors (Lipinski definition) is 2. The Morgan fingerprint density at radius 1 is 1.18 bits per heavy atom. The van der Waals surface area contributed by atoms with Gasteiger partial charge in [0.1, 0.15) is 22.6 Å². The molecule has 0 fully saturated rings. The summed E-state index contributed by atoms with van der Waals surface area (Å²) < 4.78 is 20.9. The van der Waals surface area contributed by atoms with Gasteiger partial charge in [0.05, 0.1) is 24.0 Å². The van der Waals surface area contributed by atoms with E-state index < -0.39 is 17.9 Å². The van der Waals surface area contributed by atoms with Gasteiger partial charge in [-0.1, -0.05) is 24.3 Å². The summed E-state index contributed by atoms with van der Waals surface area (Å²) in [6, 6.07) is 12.8. The number of carbonyl (C=O) groups excluding carboxylic acids is 3. The second-order valence-corrected chi connectivity index (χ2v) is 10.2. The highest BCUT2D eigenvalue weighted by molar-refractivity contribution is 7.12. The maximum atomic E-state index is 14.0. The molecule has 0 unspecified atom stereocenters. The standard InChI is InChI=1S/C28H23FN6O4S/c1-34-19-8-5-9-20-23(19)16(14-35(20)21-10-11-40-24(21)28(38)39-2)12-18(27(34)37)30-26(36)25-31-22(32-33-25)13-15-6-3-4-7-17(15)29/h3-11,14,18H,12-13H2,1-2H3,(H,30,36)(H,31,32,33)/t18-/m0/s1. The molecule has 0 spiro atoms. The third-order valence-corrected chi connectivity index (χ3v) is 7.81. The van der Waals surface area contributed by atoms with Crippen LogP contribution in [-0.4, -0.2) is 57.7 Å². The molecule has 12 heteroatoms. The molecule has 1 aliphatic heterocycles. The predicted molar refractivity (Wildman–Crippen MR) is 146 cm³/mol. The predicted octanol–water partition coefficient (Wildman–Crippen LogP) is 3.64. The highest BCUT2D eigenvalue weighted by Crippen LogP contribution is 2.37. The Labute approximate surface area is 231 Å². The van der Waals surface area contributed by atoms with Gasteiger partial charge in [0.2, 0.25) is 11.7 Å². The lowest BCUT2D eigenvalue weighted by Gasteiger charge is -2.22. The molecule has 0 bridgehead atoms. The van der Waals surface area contributed by atoms with Crippen LogP contribution in [0.5, 0.6) is 0 Å². The van der Waals surface area contributed by atoms with Crippen molar-refractivity contribution in [2.45, 2.75) is 18.9 Å². The van der Waals surface area contributed by atoms with E-state index in [0.29, 0.717) is 27.6 Å². The van der Waals surface area contributed by atoms with Gasteiger partial charge in [-0.15, -0.1) is 16.4 Å². The van der Waals surface area contributed by atoms with E-state index in [1.165, 1.54) is 29.4 Å². The molecule has 1 aliphatic rings. The number of thiophene rings is 1. The highest BCUT2D eigenvalue weighted by Gasteiger charge is 2.33. The van der Waals surface area contributed by atoms with Crippen molar-refractivity contribution < 1.29 is 23.5 Å². The van der Waals surface area contributed by atoms with Gasteiger partial charge in [-0.25, -0.2) is 14.2 Å². The average molecular weight is 559 g/mol.